The maximum atomic E-state index is 13.9. The molecule has 12 rings (SSSR count). The Hall–Kier alpha value is -5.22. The molecule has 4 unspecified atom stereocenters. The zero-order valence-corrected chi connectivity index (χ0v) is 56.0. The molecule has 0 fully saturated rings. The minimum atomic E-state index is -5.65. The molecule has 0 N–H and O–H groups in total. The van der Waals surface area contributed by atoms with E-state index in [-0.39, 0.29) is 30.6 Å². The van der Waals surface area contributed by atoms with Gasteiger partial charge in [0.2, 0.25) is 0 Å². The molecular weight excluding hydrogens is 1540 g/mol. The zero-order valence-electron chi connectivity index (χ0n) is 45.8. The Balaban J connectivity index is 0.000000185. The molecule has 4 aliphatic rings. The molecule has 0 bridgehead atoms. The molecular formula is C68H48Cl4F12Hf2. The fourth-order valence-corrected chi connectivity index (χ4v) is 49.9. The standard InChI is InChI=1S/2C17H9F6.2C17H15.4ClH.2Hf/c2*18-16(19,20)14-7-13(8-15(9-14)17(21,22)23)12-5-10-3-1-2-4-11(10)6-12;2*1-12-7-13(2)9-16(8-12)17-10-14-5-3-4-6-15(14)11-17;;;;;;/h2*1-9H;2*3-11H,1-2H3;4*1H;;/q;;;;;;;;2*+2/p-4. The second-order valence-corrected chi connectivity index (χ2v) is 64.0. The number of rotatable bonds is 8. The van der Waals surface area contributed by atoms with Gasteiger partial charge in [-0.05, 0) is 0 Å². The summed E-state index contributed by atoms with van der Waals surface area (Å²) in [5, 5.41) is 0. The molecule has 0 aromatic heterocycles. The van der Waals surface area contributed by atoms with Gasteiger partial charge in [-0.1, -0.05) is 0 Å². The van der Waals surface area contributed by atoms with Gasteiger partial charge in [0.25, 0.3) is 0 Å². The first-order valence-corrected chi connectivity index (χ1v) is 53.1. The van der Waals surface area contributed by atoms with Crippen molar-refractivity contribution in [2.45, 2.75) is 67.1 Å². The van der Waals surface area contributed by atoms with Crippen molar-refractivity contribution in [1.29, 1.82) is 0 Å². The summed E-state index contributed by atoms with van der Waals surface area (Å²) in [6.45, 7) is 8.67. The third kappa shape index (κ3) is 12.1. The summed E-state index contributed by atoms with van der Waals surface area (Å²) >= 11 is -9.93. The van der Waals surface area contributed by atoms with E-state index >= 15 is 0 Å². The van der Waals surface area contributed by atoms with E-state index in [1.165, 1.54) is 91.1 Å². The molecule has 86 heavy (non-hydrogen) atoms. The van der Waals surface area contributed by atoms with Gasteiger partial charge in [0.05, 0.1) is 0 Å². The molecule has 8 aromatic rings. The molecule has 4 atom stereocenters. The Labute approximate surface area is 512 Å². The third-order valence-electron chi connectivity index (χ3n) is 16.2. The van der Waals surface area contributed by atoms with Crippen LogP contribution < -0.4 is 0 Å². The Bertz CT molecular complexity index is 3800. The van der Waals surface area contributed by atoms with Crippen molar-refractivity contribution in [3.05, 3.63) is 281 Å². The summed E-state index contributed by atoms with van der Waals surface area (Å²) in [7, 11) is 30.8. The number of aryl methyl sites for hydroxylation is 4. The number of fused-ring (bicyclic) bond motifs is 4. The first-order chi connectivity index (χ1) is 40.3. The van der Waals surface area contributed by atoms with Crippen LogP contribution in [0, 0.1) is 27.7 Å². The van der Waals surface area contributed by atoms with Gasteiger partial charge >= 0.3 is 517 Å². The summed E-state index contributed by atoms with van der Waals surface area (Å²) in [5.74, 6) is 0. The van der Waals surface area contributed by atoms with Crippen molar-refractivity contribution < 1.29 is 87.9 Å². The molecule has 0 radical (unpaired) electrons. The van der Waals surface area contributed by atoms with Crippen LogP contribution in [0.25, 0.3) is 46.6 Å². The van der Waals surface area contributed by atoms with Gasteiger partial charge in [0, 0.05) is 0 Å². The van der Waals surface area contributed by atoms with Crippen LogP contribution in [0.4, 0.5) is 52.7 Å². The summed E-state index contributed by atoms with van der Waals surface area (Å²) < 4.78 is 165. The summed E-state index contributed by atoms with van der Waals surface area (Å²) in [4.78, 5) is 0. The summed E-state index contributed by atoms with van der Waals surface area (Å²) in [6, 6.07) is 45.5. The number of alkyl halides is 12. The number of benzene rings is 8. The number of hydrogen-bond donors (Lipinski definition) is 0. The average Bonchev–Trinajstić information content (AvgIpc) is 1.57. The number of allylic oxidation sites excluding steroid dienone is 4. The van der Waals surface area contributed by atoms with E-state index in [4.69, 9.17) is 34.3 Å². The molecule has 440 valence electrons. The normalized spacial score (nSPS) is 18.3. The molecule has 0 saturated heterocycles. The predicted octanol–water partition coefficient (Wildman–Crippen LogP) is 23.4. The molecule has 0 nitrogen and oxygen atoms in total. The topological polar surface area (TPSA) is 0 Å². The molecule has 0 spiro atoms. The number of halogens is 16. The Morgan fingerprint density at radius 1 is 0.279 bits per heavy atom. The van der Waals surface area contributed by atoms with E-state index < -0.39 is 101 Å². The van der Waals surface area contributed by atoms with Gasteiger partial charge in [-0.2, -0.15) is 0 Å². The zero-order chi connectivity index (χ0) is 61.8. The van der Waals surface area contributed by atoms with Crippen LogP contribution in [0.5, 0.6) is 0 Å². The van der Waals surface area contributed by atoms with Crippen LogP contribution in [0.15, 0.2) is 170 Å². The van der Waals surface area contributed by atoms with Crippen LogP contribution in [-0.2, 0) is 59.9 Å². The monoisotopic (exact) mass is 1590 g/mol. The maximum absolute atomic E-state index is 13.9. The van der Waals surface area contributed by atoms with Crippen molar-refractivity contribution in [2.24, 2.45) is 0 Å². The van der Waals surface area contributed by atoms with Gasteiger partial charge in [-0.25, -0.2) is 0 Å². The van der Waals surface area contributed by atoms with Crippen molar-refractivity contribution >= 4 is 80.9 Å². The van der Waals surface area contributed by atoms with Gasteiger partial charge in [0.1, 0.15) is 0 Å². The molecule has 4 aliphatic carbocycles. The average molecular weight is 1590 g/mol. The number of hydrogen-bond acceptors (Lipinski definition) is 0. The summed E-state index contributed by atoms with van der Waals surface area (Å²) in [5.41, 5.74) is 9.18. The fraction of sp³-hybridized carbons (Fsp3) is 0.176. The van der Waals surface area contributed by atoms with Crippen LogP contribution >= 0.6 is 34.3 Å². The Kier molecular flexibility index (Phi) is 16.7. The molecule has 8 aromatic carbocycles. The second kappa shape index (κ2) is 23.0. The van der Waals surface area contributed by atoms with E-state index in [2.05, 4.69) is 125 Å². The predicted molar refractivity (Wildman–Crippen MR) is 316 cm³/mol. The van der Waals surface area contributed by atoms with E-state index in [1.54, 1.807) is 36.4 Å². The van der Waals surface area contributed by atoms with Gasteiger partial charge in [-0.15, -0.1) is 0 Å². The van der Waals surface area contributed by atoms with Crippen LogP contribution in [0.2, 0.25) is 0 Å². The second-order valence-electron chi connectivity index (χ2n) is 22.3. The molecule has 18 heteroatoms. The fourth-order valence-electron chi connectivity index (χ4n) is 12.8. The van der Waals surface area contributed by atoms with Crippen molar-refractivity contribution in [2.75, 3.05) is 0 Å². The van der Waals surface area contributed by atoms with E-state index in [9.17, 15) is 52.7 Å². The Morgan fingerprint density at radius 2 is 0.477 bits per heavy atom. The van der Waals surface area contributed by atoms with Crippen LogP contribution in [0.3, 0.4) is 0 Å². The van der Waals surface area contributed by atoms with Gasteiger partial charge < -0.3 is 0 Å². The Morgan fingerprint density at radius 3 is 0.686 bits per heavy atom. The van der Waals surface area contributed by atoms with Crippen LogP contribution in [0.1, 0.15) is 126 Å². The molecule has 0 amide bonds. The first-order valence-electron chi connectivity index (χ1n) is 27.0. The van der Waals surface area contributed by atoms with Gasteiger partial charge in [-0.3, -0.25) is 0 Å². The summed E-state index contributed by atoms with van der Waals surface area (Å²) in [6.07, 6.45) is -13.3. The van der Waals surface area contributed by atoms with Crippen molar-refractivity contribution in [3.8, 4) is 0 Å². The molecule has 0 heterocycles. The van der Waals surface area contributed by atoms with Gasteiger partial charge in [0.15, 0.2) is 0 Å². The van der Waals surface area contributed by atoms with Crippen molar-refractivity contribution in [1.82, 2.24) is 0 Å². The van der Waals surface area contributed by atoms with Crippen molar-refractivity contribution in [3.63, 3.8) is 0 Å². The molecule has 0 saturated carbocycles. The van der Waals surface area contributed by atoms with Crippen LogP contribution in [-0.4, -0.2) is 0 Å². The minimum absolute atomic E-state index is 0.0278. The van der Waals surface area contributed by atoms with E-state index in [0.717, 1.165) is 0 Å². The van der Waals surface area contributed by atoms with E-state index in [0.29, 0.717) is 46.5 Å². The quantitative estimate of drug-likeness (QED) is 0.105. The molecule has 0 aliphatic heterocycles. The van der Waals surface area contributed by atoms with E-state index in [1.807, 2.05) is 0 Å². The third-order valence-corrected chi connectivity index (χ3v) is 50.5. The first kappa shape index (κ1) is 62.4. The SMILES string of the molecule is Cc1cc(C)cc(C2=Cc3ccccc3[CH]2[Hf]([Cl])([Cl])[CH]2C(c3cc(C)cc(C)c3)=Cc3ccccc32)c1.FC(F)(F)c1cc(C2=Cc3ccccc3[CH]2[Hf]([Cl])([Cl])[CH]2C(c3cc(C(F)(F)F)cc(C(F)(F)F)c3)=Cc3ccccc32)cc(C(F)(F)F)c1.